The highest BCUT2D eigenvalue weighted by Crippen LogP contribution is 2.31. The third kappa shape index (κ3) is 11.3. The van der Waals surface area contributed by atoms with Crippen molar-refractivity contribution in [2.75, 3.05) is 54.9 Å². The number of benzene rings is 1. The molecule has 3 N–H and O–H groups in total. The molecule has 4 heterocycles. The molecule has 5 rings (SSSR count). The number of likely N-dealkylation sites (tertiary alicyclic amines) is 1. The number of nitrogens with one attached hydrogen (secondary N) is 2. The van der Waals surface area contributed by atoms with Crippen LogP contribution in [0.2, 0.25) is 0 Å². The zero-order valence-corrected chi connectivity index (χ0v) is 29.7. The number of nitrogens with zero attached hydrogens (tertiary/aromatic N) is 5. The summed E-state index contributed by atoms with van der Waals surface area (Å²) in [7, 11) is 0. The second-order valence-electron chi connectivity index (χ2n) is 11.4. The quantitative estimate of drug-likeness (QED) is 0.230. The number of ether oxygens (including phenoxy) is 1. The number of hydrogen-bond donors (Lipinski definition) is 3. The average Bonchev–Trinajstić information content (AvgIpc) is 3.08. The van der Waals surface area contributed by atoms with Gasteiger partial charge in [-0.05, 0) is 70.0 Å². The molecule has 10 nitrogen and oxygen atoms in total. The number of aliphatic hydroxyl groups is 1. The Morgan fingerprint density at radius 2 is 1.49 bits per heavy atom. The van der Waals surface area contributed by atoms with Crippen LogP contribution in [0.15, 0.2) is 36.4 Å². The van der Waals surface area contributed by atoms with E-state index in [-0.39, 0.29) is 17.6 Å². The molecule has 12 heteroatoms. The van der Waals surface area contributed by atoms with Gasteiger partial charge < -0.3 is 25.4 Å². The second-order valence-corrected chi connectivity index (χ2v) is 11.4. The van der Waals surface area contributed by atoms with E-state index in [4.69, 9.17) is 14.7 Å². The Balaban J connectivity index is 0.00000121. The number of para-hydroxylation sites is 2. The Kier molecular flexibility index (Phi) is 15.8. The van der Waals surface area contributed by atoms with E-state index < -0.39 is 17.4 Å². The molecule has 2 aliphatic rings. The lowest BCUT2D eigenvalue weighted by Gasteiger charge is -2.37. The molecule has 2 saturated heterocycles. The van der Waals surface area contributed by atoms with Crippen LogP contribution in [0.25, 0.3) is 11.0 Å². The monoisotopic (exact) mass is 659 g/mol. The van der Waals surface area contributed by atoms with Crippen LogP contribution in [0.3, 0.4) is 0 Å². The first-order chi connectivity index (χ1) is 22.5. The topological polar surface area (TPSA) is 116 Å². The van der Waals surface area contributed by atoms with E-state index in [0.717, 1.165) is 31.6 Å². The number of anilines is 4. The molecule has 2 fully saturated rings. The van der Waals surface area contributed by atoms with Crippen molar-refractivity contribution in [2.45, 2.75) is 93.2 Å². The number of pyridine rings is 1. The Bertz CT molecular complexity index is 1380. The molecule has 0 spiro atoms. The van der Waals surface area contributed by atoms with Crippen LogP contribution in [0.5, 0.6) is 0 Å². The van der Waals surface area contributed by atoms with Gasteiger partial charge in [-0.25, -0.2) is 9.97 Å². The van der Waals surface area contributed by atoms with E-state index in [9.17, 15) is 18.7 Å². The molecule has 0 saturated carbocycles. The lowest BCUT2D eigenvalue weighted by Crippen LogP contribution is -2.41. The number of hydrogen-bond acceptors (Lipinski definition) is 9. The largest absolute Gasteiger partial charge is 0.390 e. The normalized spacial score (nSPS) is 15.7. The number of amides is 1. The highest BCUT2D eigenvalue weighted by Gasteiger charge is 2.33. The summed E-state index contributed by atoms with van der Waals surface area (Å²) < 4.78 is 32.6. The summed E-state index contributed by atoms with van der Waals surface area (Å²) in [6.45, 7) is 21.2. The summed E-state index contributed by atoms with van der Waals surface area (Å²) in [6, 6.07) is 10.4. The minimum atomic E-state index is -3.52. The Morgan fingerprint density at radius 3 is 2.06 bits per heavy atom. The summed E-state index contributed by atoms with van der Waals surface area (Å²) in [5.74, 6) is -3.73. The molecule has 2 aromatic heterocycles. The number of fused-ring (bicyclic) bond motifs is 1. The van der Waals surface area contributed by atoms with Gasteiger partial charge in [-0.2, -0.15) is 13.8 Å². The SMILES string of the molecule is CC.CC.CC.CC(F)(F)C(=O)Nc1ccccc1Nc1nc(N2CCOCC2)c2nc(CN3CCC(C(C)(C)O)CC3)ccc2n1. The van der Waals surface area contributed by atoms with Gasteiger partial charge in [-0.1, -0.05) is 53.7 Å². The highest BCUT2D eigenvalue weighted by atomic mass is 19.3. The molecule has 47 heavy (non-hydrogen) atoms. The summed E-state index contributed by atoms with van der Waals surface area (Å²) in [5, 5.41) is 15.8. The maximum atomic E-state index is 13.5. The minimum absolute atomic E-state index is 0.192. The van der Waals surface area contributed by atoms with Crippen molar-refractivity contribution in [2.24, 2.45) is 5.92 Å². The van der Waals surface area contributed by atoms with Crippen LogP contribution in [0.4, 0.5) is 31.9 Å². The molecule has 0 radical (unpaired) electrons. The number of piperidine rings is 1. The predicted octanol–water partition coefficient (Wildman–Crippen LogP) is 7.26. The van der Waals surface area contributed by atoms with Gasteiger partial charge in [-0.3, -0.25) is 9.69 Å². The standard InChI is InChI=1S/C29H37F2N7O3.3C2H6/c1-28(2,40)19-10-12-37(13-11-19)18-20-8-9-23-24(32-20)25(38-14-16-41-17-15-38)36-27(35-23)34-22-7-5-4-6-21(22)33-26(39)29(3,30)31;3*1-2/h4-9,19,40H,10-18H2,1-3H3,(H,33,39)(H,34,35,36);3*1-2H3. The smallest absolute Gasteiger partial charge is 0.322 e. The van der Waals surface area contributed by atoms with Gasteiger partial charge in [0.05, 0.1) is 41.4 Å². The van der Waals surface area contributed by atoms with E-state index in [0.29, 0.717) is 62.3 Å². The summed E-state index contributed by atoms with van der Waals surface area (Å²) in [6.07, 6.45) is 1.87. The first-order valence-corrected chi connectivity index (χ1v) is 17.0. The van der Waals surface area contributed by atoms with E-state index in [1.165, 1.54) is 6.07 Å². The van der Waals surface area contributed by atoms with E-state index in [1.54, 1.807) is 18.2 Å². The van der Waals surface area contributed by atoms with Crippen molar-refractivity contribution < 1.29 is 23.4 Å². The zero-order chi connectivity index (χ0) is 35.2. The Morgan fingerprint density at radius 1 is 0.894 bits per heavy atom. The van der Waals surface area contributed by atoms with Crippen LogP contribution in [0, 0.1) is 5.92 Å². The number of rotatable bonds is 8. The molecule has 0 aliphatic carbocycles. The molecule has 262 valence electrons. The van der Waals surface area contributed by atoms with Gasteiger partial charge in [0.2, 0.25) is 5.95 Å². The van der Waals surface area contributed by atoms with E-state index in [2.05, 4.69) is 25.4 Å². The van der Waals surface area contributed by atoms with Gasteiger partial charge >= 0.3 is 5.92 Å². The number of halogens is 2. The highest BCUT2D eigenvalue weighted by molar-refractivity contribution is 5.98. The van der Waals surface area contributed by atoms with Crippen molar-refractivity contribution in [3.63, 3.8) is 0 Å². The van der Waals surface area contributed by atoms with Gasteiger partial charge in [-0.15, -0.1) is 0 Å². The van der Waals surface area contributed by atoms with E-state index >= 15 is 0 Å². The first-order valence-electron chi connectivity index (χ1n) is 17.0. The van der Waals surface area contributed by atoms with Crippen LogP contribution in [-0.2, 0) is 16.1 Å². The molecule has 0 atom stereocenters. The van der Waals surface area contributed by atoms with Gasteiger partial charge in [0.25, 0.3) is 5.91 Å². The maximum absolute atomic E-state index is 13.5. The number of aromatic nitrogens is 3. The zero-order valence-electron chi connectivity index (χ0n) is 29.7. The summed E-state index contributed by atoms with van der Waals surface area (Å²) in [4.78, 5) is 30.9. The molecule has 0 unspecified atom stereocenters. The van der Waals surface area contributed by atoms with Crippen LogP contribution in [-0.4, -0.2) is 81.8 Å². The minimum Gasteiger partial charge on any atom is -0.390 e. The van der Waals surface area contributed by atoms with Crippen molar-refractivity contribution in [1.29, 1.82) is 0 Å². The fraction of sp³-hybridized carbons (Fsp3) is 0.600. The molecule has 3 aromatic rings. The third-order valence-corrected chi connectivity index (χ3v) is 7.68. The van der Waals surface area contributed by atoms with Crippen LogP contribution < -0.4 is 15.5 Å². The molecule has 1 aromatic carbocycles. The van der Waals surface area contributed by atoms with Crippen molar-refractivity contribution in [3.8, 4) is 0 Å². The lowest BCUT2D eigenvalue weighted by atomic mass is 9.83. The predicted molar refractivity (Wildman–Crippen MR) is 188 cm³/mol. The van der Waals surface area contributed by atoms with Gasteiger partial charge in [0, 0.05) is 26.6 Å². The fourth-order valence-electron chi connectivity index (χ4n) is 5.26. The molecule has 0 bridgehead atoms. The maximum Gasteiger partial charge on any atom is 0.322 e. The van der Waals surface area contributed by atoms with Crippen molar-refractivity contribution in [1.82, 2.24) is 19.9 Å². The summed E-state index contributed by atoms with van der Waals surface area (Å²) >= 11 is 0. The fourth-order valence-corrected chi connectivity index (χ4v) is 5.26. The Labute approximate surface area is 279 Å². The van der Waals surface area contributed by atoms with Crippen LogP contribution >= 0.6 is 0 Å². The number of carbonyl (C=O) groups excluding carboxylic acids is 1. The lowest BCUT2D eigenvalue weighted by molar-refractivity contribution is -0.137. The third-order valence-electron chi connectivity index (χ3n) is 7.68. The Hall–Kier alpha value is -3.48. The average molecular weight is 660 g/mol. The number of morpholine rings is 1. The first kappa shape index (κ1) is 39.7. The molecule has 2 aliphatic heterocycles. The number of carbonyl (C=O) groups is 1. The molecule has 1 amide bonds. The number of alkyl halides is 2. The molecular weight excluding hydrogens is 604 g/mol. The second kappa shape index (κ2) is 18.8. The summed E-state index contributed by atoms with van der Waals surface area (Å²) in [5.41, 5.74) is 2.13. The van der Waals surface area contributed by atoms with Gasteiger partial charge in [0.15, 0.2) is 5.82 Å². The van der Waals surface area contributed by atoms with E-state index in [1.807, 2.05) is 67.5 Å². The van der Waals surface area contributed by atoms with Crippen LogP contribution in [0.1, 0.15) is 80.8 Å². The van der Waals surface area contributed by atoms with Gasteiger partial charge in [0.1, 0.15) is 5.52 Å². The van der Waals surface area contributed by atoms with Crippen molar-refractivity contribution >= 4 is 40.1 Å². The van der Waals surface area contributed by atoms with Crippen molar-refractivity contribution in [3.05, 3.63) is 42.1 Å². The molecular formula is C35H55F2N7O3.